The zero-order valence-corrected chi connectivity index (χ0v) is 11.4. The van der Waals surface area contributed by atoms with Crippen LogP contribution in [0.5, 0.6) is 0 Å². The molecule has 0 spiro atoms. The number of rotatable bonds is 2. The summed E-state index contributed by atoms with van der Waals surface area (Å²) >= 11 is 1.97. The topological polar surface area (TPSA) is 12.0 Å². The van der Waals surface area contributed by atoms with Crippen LogP contribution in [-0.4, -0.2) is 5.75 Å². The lowest BCUT2D eigenvalue weighted by molar-refractivity contribution is 0.871. The van der Waals surface area contributed by atoms with Gasteiger partial charge in [0, 0.05) is 22.8 Å². The molecule has 0 aromatic heterocycles. The van der Waals surface area contributed by atoms with Gasteiger partial charge in [0.1, 0.15) is 0 Å². The number of benzene rings is 2. The largest absolute Gasteiger partial charge is 0.377 e. The Hall–Kier alpha value is -1.85. The predicted molar refractivity (Wildman–Crippen MR) is 83.3 cm³/mol. The maximum atomic E-state index is 5.45. The minimum atomic E-state index is 0.364. The first-order chi connectivity index (χ1) is 9.36. The average Bonchev–Trinajstić information content (AvgIpc) is 2.48. The van der Waals surface area contributed by atoms with Crippen molar-refractivity contribution in [2.75, 3.05) is 11.1 Å². The van der Waals surface area contributed by atoms with E-state index < -0.39 is 0 Å². The van der Waals surface area contributed by atoms with Crippen molar-refractivity contribution in [1.82, 2.24) is 0 Å². The zero-order chi connectivity index (χ0) is 13.1. The third-order valence-corrected chi connectivity index (χ3v) is 4.43. The molecule has 3 rings (SSSR count). The molecule has 94 valence electrons. The van der Waals surface area contributed by atoms with Crippen molar-refractivity contribution >= 4 is 17.4 Å². The Morgan fingerprint density at radius 1 is 1.16 bits per heavy atom. The predicted octanol–water partition coefficient (Wildman–Crippen LogP) is 4.07. The van der Waals surface area contributed by atoms with E-state index in [4.69, 9.17) is 6.42 Å². The highest BCUT2D eigenvalue weighted by atomic mass is 32.2. The first-order valence-electron chi connectivity index (χ1n) is 6.35. The average molecular weight is 265 g/mol. The summed E-state index contributed by atoms with van der Waals surface area (Å²) in [7, 11) is 0. The van der Waals surface area contributed by atoms with Gasteiger partial charge >= 0.3 is 0 Å². The van der Waals surface area contributed by atoms with Gasteiger partial charge in [-0.1, -0.05) is 36.3 Å². The Kier molecular flexibility index (Phi) is 3.48. The molecule has 19 heavy (non-hydrogen) atoms. The molecular weight excluding hydrogens is 250 g/mol. The molecule has 1 heterocycles. The van der Waals surface area contributed by atoms with Crippen LogP contribution in [0, 0.1) is 12.3 Å². The van der Waals surface area contributed by atoms with Gasteiger partial charge in [0.05, 0.1) is 6.04 Å². The molecule has 1 aliphatic heterocycles. The first-order valence-corrected chi connectivity index (χ1v) is 7.51. The Balaban J connectivity index is 1.86. The van der Waals surface area contributed by atoms with Crippen molar-refractivity contribution in [2.24, 2.45) is 0 Å². The minimum Gasteiger partial charge on any atom is -0.377 e. The molecule has 0 saturated carbocycles. The lowest BCUT2D eigenvalue weighted by atomic mass is 10.0. The van der Waals surface area contributed by atoms with Crippen LogP contribution in [-0.2, 0) is 5.75 Å². The fourth-order valence-electron chi connectivity index (χ4n) is 2.40. The Morgan fingerprint density at radius 2 is 2.05 bits per heavy atom. The van der Waals surface area contributed by atoms with Crippen LogP contribution in [0.2, 0.25) is 0 Å². The van der Waals surface area contributed by atoms with Crippen molar-refractivity contribution in [1.29, 1.82) is 0 Å². The summed E-state index contributed by atoms with van der Waals surface area (Å²) < 4.78 is 0. The van der Waals surface area contributed by atoms with Crippen LogP contribution < -0.4 is 5.32 Å². The lowest BCUT2D eigenvalue weighted by Crippen LogP contribution is -2.18. The fourth-order valence-corrected chi connectivity index (χ4v) is 3.50. The van der Waals surface area contributed by atoms with E-state index in [-0.39, 0.29) is 0 Å². The number of nitrogens with one attached hydrogen (secondary N) is 1. The van der Waals surface area contributed by atoms with Crippen LogP contribution in [0.3, 0.4) is 0 Å². The van der Waals surface area contributed by atoms with Crippen molar-refractivity contribution in [3.05, 3.63) is 65.2 Å². The lowest BCUT2D eigenvalue weighted by Gasteiger charge is -2.27. The fraction of sp³-hybridized carbons (Fsp3) is 0.176. The summed E-state index contributed by atoms with van der Waals surface area (Å²) in [6, 6.07) is 17.1. The zero-order valence-electron chi connectivity index (χ0n) is 10.6. The van der Waals surface area contributed by atoms with E-state index in [1.54, 1.807) is 0 Å². The van der Waals surface area contributed by atoms with Gasteiger partial charge in [-0.2, -0.15) is 11.8 Å². The van der Waals surface area contributed by atoms with Crippen molar-refractivity contribution in [3.8, 4) is 12.3 Å². The second-order valence-corrected chi connectivity index (χ2v) is 5.67. The number of hydrogen-bond donors (Lipinski definition) is 1. The van der Waals surface area contributed by atoms with E-state index in [0.717, 1.165) is 22.8 Å². The molecular formula is C17H15NS. The van der Waals surface area contributed by atoms with Gasteiger partial charge in [-0.25, -0.2) is 0 Å². The van der Waals surface area contributed by atoms with E-state index in [1.165, 1.54) is 11.1 Å². The highest BCUT2D eigenvalue weighted by Gasteiger charge is 2.19. The molecule has 0 bridgehead atoms. The second-order valence-electron chi connectivity index (χ2n) is 4.64. The Labute approximate surface area is 118 Å². The Morgan fingerprint density at radius 3 is 2.95 bits per heavy atom. The number of thioether (sulfide) groups is 1. The van der Waals surface area contributed by atoms with E-state index in [9.17, 15) is 0 Å². The molecule has 2 aromatic rings. The van der Waals surface area contributed by atoms with E-state index in [1.807, 2.05) is 30.0 Å². The number of hydrogen-bond acceptors (Lipinski definition) is 2. The molecule has 0 amide bonds. The molecule has 1 nitrogen and oxygen atoms in total. The minimum absolute atomic E-state index is 0.364. The second kappa shape index (κ2) is 5.42. The van der Waals surface area contributed by atoms with E-state index in [0.29, 0.717) is 6.04 Å². The molecule has 0 saturated heterocycles. The summed E-state index contributed by atoms with van der Waals surface area (Å²) in [6.07, 6.45) is 5.45. The quantitative estimate of drug-likeness (QED) is 0.822. The summed E-state index contributed by atoms with van der Waals surface area (Å²) in [5, 5.41) is 3.60. The van der Waals surface area contributed by atoms with Gasteiger partial charge in [0.15, 0.2) is 0 Å². The number of fused-ring (bicyclic) bond motifs is 1. The summed E-state index contributed by atoms with van der Waals surface area (Å²) in [4.78, 5) is 0. The number of anilines is 1. The van der Waals surface area contributed by atoms with Gasteiger partial charge < -0.3 is 5.32 Å². The SMILES string of the molecule is C#Cc1cccc(NC2CSCc3ccccc32)c1. The molecule has 0 radical (unpaired) electrons. The van der Waals surface area contributed by atoms with Crippen LogP contribution in [0.15, 0.2) is 48.5 Å². The van der Waals surface area contributed by atoms with Crippen LogP contribution in [0.25, 0.3) is 0 Å². The normalized spacial score (nSPS) is 17.3. The highest BCUT2D eigenvalue weighted by Crippen LogP contribution is 2.33. The standard InChI is InChI=1S/C17H15NS/c1-2-13-6-5-8-15(10-13)18-17-12-19-11-14-7-3-4-9-16(14)17/h1,3-10,17-18H,11-12H2. The third kappa shape index (κ3) is 2.62. The van der Waals surface area contributed by atoms with Crippen molar-refractivity contribution in [2.45, 2.75) is 11.8 Å². The molecule has 0 aliphatic carbocycles. The monoisotopic (exact) mass is 265 g/mol. The smallest absolute Gasteiger partial charge is 0.0607 e. The third-order valence-electron chi connectivity index (χ3n) is 3.34. The van der Waals surface area contributed by atoms with Crippen LogP contribution in [0.1, 0.15) is 22.7 Å². The first kappa shape index (κ1) is 12.2. The van der Waals surface area contributed by atoms with Gasteiger partial charge in [-0.15, -0.1) is 6.42 Å². The Bertz CT molecular complexity index is 627. The summed E-state index contributed by atoms with van der Waals surface area (Å²) in [6.45, 7) is 0. The van der Waals surface area contributed by atoms with E-state index >= 15 is 0 Å². The highest BCUT2D eigenvalue weighted by molar-refractivity contribution is 7.98. The summed E-state index contributed by atoms with van der Waals surface area (Å²) in [5.74, 6) is 4.88. The molecule has 1 aliphatic rings. The van der Waals surface area contributed by atoms with Gasteiger partial charge in [-0.3, -0.25) is 0 Å². The summed E-state index contributed by atoms with van der Waals surface area (Å²) in [5.41, 5.74) is 4.86. The maximum Gasteiger partial charge on any atom is 0.0607 e. The van der Waals surface area contributed by atoms with Crippen molar-refractivity contribution in [3.63, 3.8) is 0 Å². The molecule has 2 aromatic carbocycles. The van der Waals surface area contributed by atoms with Crippen LogP contribution >= 0.6 is 11.8 Å². The molecule has 1 unspecified atom stereocenters. The molecule has 1 N–H and O–H groups in total. The molecule has 1 atom stereocenters. The van der Waals surface area contributed by atoms with Gasteiger partial charge in [0.25, 0.3) is 0 Å². The van der Waals surface area contributed by atoms with Gasteiger partial charge in [0.2, 0.25) is 0 Å². The maximum absolute atomic E-state index is 5.45. The number of terminal acetylenes is 1. The van der Waals surface area contributed by atoms with E-state index in [2.05, 4.69) is 41.6 Å². The van der Waals surface area contributed by atoms with Crippen molar-refractivity contribution < 1.29 is 0 Å². The van der Waals surface area contributed by atoms with Gasteiger partial charge in [-0.05, 0) is 29.3 Å². The molecule has 2 heteroatoms. The molecule has 0 fully saturated rings. The van der Waals surface area contributed by atoms with Crippen LogP contribution in [0.4, 0.5) is 5.69 Å².